The van der Waals surface area contributed by atoms with Crippen LogP contribution >= 0.6 is 0 Å². The Morgan fingerprint density at radius 1 is 0.543 bits per heavy atom. The molecule has 1 rings (SSSR count). The number of aryl methyl sites for hydroxylation is 1. The fraction of sp³-hybridized carbons (Fsp3) is 0.720. The summed E-state index contributed by atoms with van der Waals surface area (Å²) in [5, 5.41) is 0. The molecule has 0 spiro atoms. The molecule has 35 heavy (non-hydrogen) atoms. The largest absolute Gasteiger partial charge is 0 e. The molecule has 0 atom stereocenters. The van der Waals surface area contributed by atoms with Crippen LogP contribution in [0.3, 0.4) is 0 Å². The quantitative estimate of drug-likeness (QED) is 0.289. The van der Waals surface area contributed by atoms with E-state index in [0.29, 0.717) is 0 Å². The number of hydrogen-bond acceptors (Lipinski definition) is 1. The molecular weight excluding hydrogens is 658 g/mol. The normalized spacial score (nSPS) is 9.54. The number of carbonyl (C=O) groups excluding carboxylic acids is 1. The van der Waals surface area contributed by atoms with Crippen LogP contribution in [0.5, 0.6) is 0 Å². The van der Waals surface area contributed by atoms with Gasteiger partial charge in [-0.25, -0.2) is 0 Å². The van der Waals surface area contributed by atoms with E-state index in [-0.39, 0.29) is 81.9 Å². The van der Waals surface area contributed by atoms with Crippen LogP contribution in [0.2, 0.25) is 111 Å². The molecule has 0 unspecified atom stereocenters. The Balaban J connectivity index is -0.0000000750. The monoisotopic (exact) mass is 718 g/mol. The molecule has 1 nitrogen and oxygen atoms in total. The topological polar surface area (TPSA) is 17.1 Å². The van der Waals surface area contributed by atoms with Gasteiger partial charge in [0.25, 0.3) is 0 Å². The van der Waals surface area contributed by atoms with E-state index in [0.717, 1.165) is 11.1 Å². The molecule has 0 bridgehead atoms. The third kappa shape index (κ3) is 66.4. The van der Waals surface area contributed by atoms with E-state index in [4.69, 9.17) is 0 Å². The Morgan fingerprint density at radius 2 is 0.743 bits per heavy atom. The summed E-state index contributed by atoms with van der Waals surface area (Å²) in [6, 6.07) is 7.60. The Hall–Kier alpha value is 1.49. The Labute approximate surface area is 254 Å². The first-order valence-electron chi connectivity index (χ1n) is 12.0. The molecular formula is C25H58Ge2OSi7. The molecule has 0 aliphatic rings. The van der Waals surface area contributed by atoms with Crippen LogP contribution in [0.15, 0.2) is 24.3 Å². The number of benzene rings is 1. The van der Waals surface area contributed by atoms with Crippen LogP contribution in [0.4, 0.5) is 0 Å². The molecule has 10 heteroatoms. The van der Waals surface area contributed by atoms with Gasteiger partial charge in [0.15, 0.2) is 0 Å². The van der Waals surface area contributed by atoms with Crippen LogP contribution in [-0.4, -0.2) is 98.4 Å². The summed E-state index contributed by atoms with van der Waals surface area (Å²) in [4.78, 5) is 10.9. The van der Waals surface area contributed by atoms with Crippen molar-refractivity contribution in [3.05, 3.63) is 35.4 Å². The zero-order valence-corrected chi connectivity index (χ0v) is 37.9. The van der Waals surface area contributed by atoms with E-state index >= 15 is 0 Å². The van der Waals surface area contributed by atoms with E-state index < -0.39 is 0 Å². The Morgan fingerprint density at radius 3 is 0.857 bits per heavy atom. The summed E-state index contributed by atoms with van der Waals surface area (Å²) >= 11 is 1.59. The molecule has 0 N–H and O–H groups in total. The third-order valence-corrected chi connectivity index (χ3v) is 20.0. The minimum atomic E-state index is 0. The van der Waals surface area contributed by atoms with E-state index in [9.17, 15) is 4.79 Å². The predicted molar refractivity (Wildman–Crippen MR) is 187 cm³/mol. The minimum absolute atomic E-state index is 0. The number of carbonyl (C=O) groups is 1. The van der Waals surface area contributed by atoms with Crippen LogP contribution in [-0.2, 0) is 0 Å². The molecule has 0 saturated carbocycles. The standard InChI is InChI=1S/C8H7GeO.2C4H12Si2.3C3H9Si.Ge/c1-6-4-2-3-5-7(6)8(9)10;2*1-5(2)6(3)4;3*1-4(2)3;/h2-5H,1H3;2*1-4H3;3*1-3H3;. The van der Waals surface area contributed by atoms with Crippen LogP contribution in [0.25, 0.3) is 0 Å². The predicted octanol–water partition coefficient (Wildman–Crippen LogP) is 8.18. The Bertz CT molecular complexity index is 508. The summed E-state index contributed by atoms with van der Waals surface area (Å²) in [6.45, 7) is 41.5. The average Bonchev–Trinajstić information content (AvgIpc) is 2.61. The van der Waals surface area contributed by atoms with Crippen LogP contribution in [0, 0.1) is 6.92 Å². The number of hydrogen-bond donors (Lipinski definition) is 0. The van der Waals surface area contributed by atoms with E-state index in [2.05, 4.69) is 111 Å². The molecule has 1 aromatic carbocycles. The molecule has 0 aliphatic carbocycles. The molecule has 200 valence electrons. The van der Waals surface area contributed by atoms with Gasteiger partial charge in [-0.05, 0) is 0 Å². The van der Waals surface area contributed by atoms with Gasteiger partial charge in [-0.2, -0.15) is 0 Å². The molecule has 0 saturated heterocycles. The molecule has 0 amide bonds. The van der Waals surface area contributed by atoms with Crippen molar-refractivity contribution < 1.29 is 4.79 Å². The van der Waals surface area contributed by atoms with Crippen molar-refractivity contribution in [3.63, 3.8) is 0 Å². The van der Waals surface area contributed by atoms with Crippen molar-refractivity contribution >= 4 is 98.4 Å². The first-order valence-corrected chi connectivity index (χ1v) is 34.1. The van der Waals surface area contributed by atoms with Gasteiger partial charge in [0.05, 0.1) is 0 Å². The van der Waals surface area contributed by atoms with Crippen molar-refractivity contribution in [1.82, 2.24) is 0 Å². The smallest absolute Gasteiger partial charge is 0 e. The summed E-state index contributed by atoms with van der Waals surface area (Å²) < 4.78 is 0.137. The van der Waals surface area contributed by atoms with Gasteiger partial charge in [-0.1, -0.05) is 111 Å². The fourth-order valence-corrected chi connectivity index (χ4v) is 1.42. The van der Waals surface area contributed by atoms with Gasteiger partial charge in [0.1, 0.15) is 0 Å². The summed E-state index contributed by atoms with van der Waals surface area (Å²) in [6.07, 6.45) is 0. The Kier molecular flexibility index (Phi) is 47.4. The van der Waals surface area contributed by atoms with E-state index in [1.54, 1.807) is 16.5 Å². The summed E-state index contributed by atoms with van der Waals surface area (Å²) in [7, 11) is 0.962. The third-order valence-electron chi connectivity index (χ3n) is 3.39. The maximum Gasteiger partial charge on any atom is 0 e. The SMILES string of the molecule is C[Si](C)C.C[Si](C)C.C[Si](C)C.C[Si](C)[Si](C)C.C[Si](C)[Si](C)C.Cc1ccccc1[C](=O)[Ge].[Ge]. The maximum absolute atomic E-state index is 10.9. The van der Waals surface area contributed by atoms with Crippen molar-refractivity contribution in [1.29, 1.82) is 0 Å². The van der Waals surface area contributed by atoms with Crippen molar-refractivity contribution in [3.8, 4) is 0 Å². The van der Waals surface area contributed by atoms with Crippen molar-refractivity contribution in [2.24, 2.45) is 0 Å². The minimum Gasteiger partial charge on any atom is 0 e. The van der Waals surface area contributed by atoms with Crippen LogP contribution in [0.1, 0.15) is 15.9 Å². The molecule has 0 fully saturated rings. The van der Waals surface area contributed by atoms with Gasteiger partial charge in [-0.3, -0.25) is 0 Å². The average molecular weight is 717 g/mol. The fourth-order valence-electron chi connectivity index (χ4n) is 0.828. The second-order valence-electron chi connectivity index (χ2n) is 10.6. The molecule has 0 aliphatic heterocycles. The van der Waals surface area contributed by atoms with Crippen LogP contribution < -0.4 is 0 Å². The zero-order chi connectivity index (χ0) is 28.6. The van der Waals surface area contributed by atoms with Gasteiger partial charge in [-0.15, -0.1) is 0 Å². The summed E-state index contributed by atoms with van der Waals surface area (Å²) in [5.41, 5.74) is 1.87. The van der Waals surface area contributed by atoms with E-state index in [1.807, 2.05) is 31.2 Å². The number of rotatable bonds is 3. The molecule has 0 aromatic heterocycles. The molecule has 0 heterocycles. The van der Waals surface area contributed by atoms with Crippen molar-refractivity contribution in [2.75, 3.05) is 0 Å². The second-order valence-corrected chi connectivity index (χ2v) is 40.6. The van der Waals surface area contributed by atoms with Gasteiger partial charge < -0.3 is 0 Å². The maximum atomic E-state index is 10.9. The summed E-state index contributed by atoms with van der Waals surface area (Å²) in [5.74, 6) is 0. The zero-order valence-electron chi connectivity index (χ0n) is 26.7. The van der Waals surface area contributed by atoms with Gasteiger partial charge >= 0.3 is 68.2 Å². The van der Waals surface area contributed by atoms with Gasteiger partial charge in [0, 0.05) is 77.2 Å². The molecule has 14 radical (unpaired) electrons. The second kappa shape index (κ2) is 33.5. The first kappa shape index (κ1) is 49.4. The first-order chi connectivity index (χ1) is 15.2. The van der Waals surface area contributed by atoms with Gasteiger partial charge in [0.2, 0.25) is 0 Å². The molecule has 1 aromatic rings. The van der Waals surface area contributed by atoms with Crippen molar-refractivity contribution in [2.45, 2.75) is 118 Å². The van der Waals surface area contributed by atoms with E-state index in [1.165, 1.54) is 0 Å².